The average molecular weight is 419 g/mol. The number of methoxy groups -OCH3 is 2. The molecule has 156 valence electrons. The molecule has 2 aromatic carbocycles. The lowest BCUT2D eigenvalue weighted by Gasteiger charge is -2.34. The molecule has 0 saturated carbocycles. The number of rotatable bonds is 5. The van der Waals surface area contributed by atoms with E-state index < -0.39 is 10.0 Å². The Hall–Kier alpha value is -2.58. The number of hydrogen-bond donors (Lipinski definition) is 0. The van der Waals surface area contributed by atoms with Crippen LogP contribution in [0.2, 0.25) is 0 Å². The van der Waals surface area contributed by atoms with E-state index >= 15 is 0 Å². The van der Waals surface area contributed by atoms with E-state index in [-0.39, 0.29) is 19.0 Å². The molecule has 0 N–H and O–H groups in total. The second-order valence-electron chi connectivity index (χ2n) is 7.01. The fourth-order valence-electron chi connectivity index (χ4n) is 3.59. The maximum absolute atomic E-state index is 13.0. The third-order valence-corrected chi connectivity index (χ3v) is 7.17. The molecule has 0 unspecified atom stereocenters. The van der Waals surface area contributed by atoms with Crippen LogP contribution in [0.5, 0.6) is 11.5 Å². The highest BCUT2D eigenvalue weighted by Gasteiger charge is 2.32. The van der Waals surface area contributed by atoms with Crippen LogP contribution in [0.3, 0.4) is 0 Å². The number of piperazine rings is 1. The molecule has 3 rings (SSSR count). The highest BCUT2D eigenvalue weighted by atomic mass is 32.2. The molecule has 8 heteroatoms. The number of carbonyl (C=O) groups excluding carboxylic acids is 1. The molecule has 2 aromatic rings. The van der Waals surface area contributed by atoms with E-state index in [1.165, 1.54) is 18.5 Å². The summed E-state index contributed by atoms with van der Waals surface area (Å²) in [7, 11) is -0.590. The number of sulfonamides is 1. The van der Waals surface area contributed by atoms with Crippen LogP contribution in [-0.4, -0.2) is 63.9 Å². The third kappa shape index (κ3) is 4.09. The van der Waals surface area contributed by atoms with Crippen molar-refractivity contribution in [1.82, 2.24) is 9.21 Å². The van der Waals surface area contributed by atoms with Crippen molar-refractivity contribution >= 4 is 15.9 Å². The maximum Gasteiger partial charge on any atom is 0.257 e. The third-order valence-electron chi connectivity index (χ3n) is 5.11. The number of aryl methyl sites for hydroxylation is 2. The molecule has 1 fully saturated rings. The fourth-order valence-corrected chi connectivity index (χ4v) is 5.21. The molecule has 0 aliphatic carbocycles. The number of para-hydroxylation sites is 1. The zero-order valence-electron chi connectivity index (χ0n) is 17.1. The van der Waals surface area contributed by atoms with Crippen LogP contribution in [0.15, 0.2) is 41.3 Å². The number of hydrogen-bond acceptors (Lipinski definition) is 5. The predicted molar refractivity (Wildman–Crippen MR) is 110 cm³/mol. The molecule has 1 aliphatic heterocycles. The average Bonchev–Trinajstić information content (AvgIpc) is 2.72. The minimum atomic E-state index is -3.60. The summed E-state index contributed by atoms with van der Waals surface area (Å²) in [4.78, 5) is 14.9. The molecular weight excluding hydrogens is 392 g/mol. The summed E-state index contributed by atoms with van der Waals surface area (Å²) in [5.74, 6) is 0.657. The first-order chi connectivity index (χ1) is 13.8. The van der Waals surface area contributed by atoms with Crippen LogP contribution in [-0.2, 0) is 10.0 Å². The van der Waals surface area contributed by atoms with Crippen LogP contribution in [0.1, 0.15) is 21.5 Å². The van der Waals surface area contributed by atoms with Crippen LogP contribution in [0, 0.1) is 13.8 Å². The maximum atomic E-state index is 13.0. The van der Waals surface area contributed by atoms with Gasteiger partial charge in [0.15, 0.2) is 11.5 Å². The minimum Gasteiger partial charge on any atom is -0.493 e. The second kappa shape index (κ2) is 8.42. The molecule has 0 atom stereocenters. The summed E-state index contributed by atoms with van der Waals surface area (Å²) < 4.78 is 38.1. The van der Waals surface area contributed by atoms with Gasteiger partial charge in [-0.2, -0.15) is 4.31 Å². The summed E-state index contributed by atoms with van der Waals surface area (Å²) >= 11 is 0. The Balaban J connectivity index is 1.76. The number of carbonyl (C=O) groups is 1. The zero-order chi connectivity index (χ0) is 21.2. The van der Waals surface area contributed by atoms with Gasteiger partial charge in [-0.3, -0.25) is 4.79 Å². The van der Waals surface area contributed by atoms with E-state index in [9.17, 15) is 13.2 Å². The zero-order valence-corrected chi connectivity index (χ0v) is 18.0. The molecule has 0 spiro atoms. The first-order valence-electron chi connectivity index (χ1n) is 9.37. The van der Waals surface area contributed by atoms with E-state index in [1.54, 1.807) is 42.2 Å². The monoisotopic (exact) mass is 418 g/mol. The Kier molecular flexibility index (Phi) is 6.14. The van der Waals surface area contributed by atoms with Gasteiger partial charge in [-0.05, 0) is 37.6 Å². The van der Waals surface area contributed by atoms with Crippen molar-refractivity contribution < 1.29 is 22.7 Å². The predicted octanol–water partition coefficient (Wildman–Crippen LogP) is 2.47. The number of amides is 1. The van der Waals surface area contributed by atoms with E-state index in [1.807, 2.05) is 13.0 Å². The van der Waals surface area contributed by atoms with Crippen LogP contribution in [0.25, 0.3) is 0 Å². The highest BCUT2D eigenvalue weighted by molar-refractivity contribution is 7.89. The molecule has 0 bridgehead atoms. The molecule has 1 amide bonds. The summed E-state index contributed by atoms with van der Waals surface area (Å²) in [6.07, 6.45) is 0. The van der Waals surface area contributed by atoms with Crippen molar-refractivity contribution in [3.8, 4) is 11.5 Å². The summed E-state index contributed by atoms with van der Waals surface area (Å²) in [5, 5.41) is 0. The Morgan fingerprint density at radius 2 is 1.66 bits per heavy atom. The molecule has 29 heavy (non-hydrogen) atoms. The van der Waals surface area contributed by atoms with Gasteiger partial charge in [0.2, 0.25) is 10.0 Å². The van der Waals surface area contributed by atoms with Gasteiger partial charge in [0.05, 0.1) is 24.7 Å². The largest absolute Gasteiger partial charge is 0.493 e. The normalized spacial score (nSPS) is 15.2. The molecule has 1 heterocycles. The highest BCUT2D eigenvalue weighted by Crippen LogP contribution is 2.32. The molecule has 1 saturated heterocycles. The molecular formula is C21H26N2O5S. The first kappa shape index (κ1) is 21.1. The summed E-state index contributed by atoms with van der Waals surface area (Å²) in [5.41, 5.74) is 2.14. The minimum absolute atomic E-state index is 0.204. The lowest BCUT2D eigenvalue weighted by atomic mass is 10.1. The van der Waals surface area contributed by atoms with Crippen LogP contribution >= 0.6 is 0 Å². The Labute approximate surface area is 171 Å². The van der Waals surface area contributed by atoms with Crippen molar-refractivity contribution in [1.29, 1.82) is 0 Å². The number of benzene rings is 2. The van der Waals surface area contributed by atoms with Crippen molar-refractivity contribution in [3.63, 3.8) is 0 Å². The van der Waals surface area contributed by atoms with Crippen LogP contribution < -0.4 is 9.47 Å². The SMILES string of the molecule is COc1cccc(C(=O)N2CCN(S(=O)(=O)c3ccc(C)cc3C)CC2)c1OC. The van der Waals surface area contributed by atoms with Crippen molar-refractivity contribution in [3.05, 3.63) is 53.1 Å². The van der Waals surface area contributed by atoms with Gasteiger partial charge in [0.25, 0.3) is 5.91 Å². The Morgan fingerprint density at radius 1 is 0.966 bits per heavy atom. The Bertz CT molecular complexity index is 1010. The summed E-state index contributed by atoms with van der Waals surface area (Å²) in [6.45, 7) is 4.84. The molecule has 1 aliphatic rings. The van der Waals surface area contributed by atoms with Crippen molar-refractivity contribution in [2.45, 2.75) is 18.7 Å². The van der Waals surface area contributed by atoms with Gasteiger partial charge in [0.1, 0.15) is 0 Å². The number of ether oxygens (including phenoxy) is 2. The van der Waals surface area contributed by atoms with Gasteiger partial charge in [-0.25, -0.2) is 8.42 Å². The van der Waals surface area contributed by atoms with Gasteiger partial charge in [0, 0.05) is 26.2 Å². The van der Waals surface area contributed by atoms with Crippen LogP contribution in [0.4, 0.5) is 0 Å². The lowest BCUT2D eigenvalue weighted by Crippen LogP contribution is -2.50. The van der Waals surface area contributed by atoms with Crippen molar-refractivity contribution in [2.24, 2.45) is 0 Å². The topological polar surface area (TPSA) is 76.2 Å². The van der Waals surface area contributed by atoms with Crippen molar-refractivity contribution in [2.75, 3.05) is 40.4 Å². The van der Waals surface area contributed by atoms with Gasteiger partial charge >= 0.3 is 0 Å². The van der Waals surface area contributed by atoms with Gasteiger partial charge < -0.3 is 14.4 Å². The second-order valence-corrected chi connectivity index (χ2v) is 8.91. The quantitative estimate of drug-likeness (QED) is 0.746. The molecule has 7 nitrogen and oxygen atoms in total. The first-order valence-corrected chi connectivity index (χ1v) is 10.8. The van der Waals surface area contributed by atoms with E-state index in [4.69, 9.17) is 9.47 Å². The summed E-state index contributed by atoms with van der Waals surface area (Å²) in [6, 6.07) is 10.5. The van der Waals surface area contributed by atoms with E-state index in [0.29, 0.717) is 35.0 Å². The lowest BCUT2D eigenvalue weighted by molar-refractivity contribution is 0.0694. The standard InChI is InChI=1S/C21H26N2O5S/c1-15-8-9-19(16(2)14-15)29(25,26)23-12-10-22(11-13-23)21(24)17-6-5-7-18(27-3)20(17)28-4/h5-9,14H,10-13H2,1-4H3. The van der Waals surface area contributed by atoms with E-state index in [2.05, 4.69) is 0 Å². The molecule has 0 radical (unpaired) electrons. The van der Waals surface area contributed by atoms with Gasteiger partial charge in [-0.15, -0.1) is 0 Å². The fraction of sp³-hybridized carbons (Fsp3) is 0.381. The Morgan fingerprint density at radius 3 is 2.24 bits per heavy atom. The number of nitrogens with zero attached hydrogens (tertiary/aromatic N) is 2. The van der Waals surface area contributed by atoms with Gasteiger partial charge in [-0.1, -0.05) is 23.8 Å². The molecule has 0 aromatic heterocycles. The smallest absolute Gasteiger partial charge is 0.257 e. The van der Waals surface area contributed by atoms with E-state index in [0.717, 1.165) is 11.1 Å².